The molecule has 3 rings (SSSR count). The summed E-state index contributed by atoms with van der Waals surface area (Å²) in [6.45, 7) is 8.15. The quantitative estimate of drug-likeness (QED) is 0.586. The number of hydrogen-bond donors (Lipinski definition) is 2. The lowest BCUT2D eigenvalue weighted by Gasteiger charge is -2.32. The van der Waals surface area contributed by atoms with Gasteiger partial charge in [-0.2, -0.15) is 0 Å². The van der Waals surface area contributed by atoms with E-state index in [1.54, 1.807) is 25.3 Å². The molecule has 0 bridgehead atoms. The fourth-order valence-electron chi connectivity index (χ4n) is 3.41. The third-order valence-corrected chi connectivity index (χ3v) is 6.89. The molecular formula is C22H29BN2O7S. The van der Waals surface area contributed by atoms with Crippen molar-refractivity contribution in [1.29, 1.82) is 0 Å². The van der Waals surface area contributed by atoms with Crippen LogP contribution in [0.25, 0.3) is 0 Å². The lowest BCUT2D eigenvalue weighted by Crippen LogP contribution is -2.41. The Labute approximate surface area is 194 Å². The Morgan fingerprint density at radius 3 is 2.24 bits per heavy atom. The molecule has 1 heterocycles. The molecule has 178 valence electrons. The molecule has 0 radical (unpaired) electrons. The summed E-state index contributed by atoms with van der Waals surface area (Å²) in [5.41, 5.74) is 1.28. The number of anilines is 1. The third-order valence-electron chi connectivity index (χ3n) is 5.94. The van der Waals surface area contributed by atoms with Crippen LogP contribution in [0, 0.1) is 0 Å². The number of carbonyl (C=O) groups excluding carboxylic acids is 1. The minimum atomic E-state index is -3.96. The van der Waals surface area contributed by atoms with Gasteiger partial charge in [0.05, 0.1) is 24.9 Å². The van der Waals surface area contributed by atoms with Crippen LogP contribution in [0.2, 0.25) is 0 Å². The van der Waals surface area contributed by atoms with Crippen molar-refractivity contribution in [1.82, 2.24) is 0 Å². The molecule has 0 spiro atoms. The zero-order valence-corrected chi connectivity index (χ0v) is 20.4. The van der Waals surface area contributed by atoms with Crippen LogP contribution in [0.1, 0.15) is 43.6 Å². The van der Waals surface area contributed by atoms with Crippen molar-refractivity contribution in [3.63, 3.8) is 0 Å². The highest BCUT2D eigenvalue weighted by atomic mass is 32.2. The number of methoxy groups -OCH3 is 2. The summed E-state index contributed by atoms with van der Waals surface area (Å²) in [5, 5.41) is 7.93. The number of primary sulfonamides is 1. The van der Waals surface area contributed by atoms with Gasteiger partial charge in [-0.15, -0.1) is 0 Å². The Hall–Kier alpha value is -2.44. The number of hydrogen-bond acceptors (Lipinski definition) is 7. The molecule has 0 aliphatic carbocycles. The van der Waals surface area contributed by atoms with Gasteiger partial charge in [0.15, 0.2) is 0 Å². The van der Waals surface area contributed by atoms with Gasteiger partial charge in [-0.1, -0.05) is 6.07 Å². The van der Waals surface area contributed by atoms with E-state index in [0.29, 0.717) is 11.3 Å². The molecule has 9 nitrogen and oxygen atoms in total. The number of amides is 1. The normalized spacial score (nSPS) is 17.1. The lowest BCUT2D eigenvalue weighted by atomic mass is 9.75. The average molecular weight is 476 g/mol. The number of nitrogens with one attached hydrogen (secondary N) is 1. The predicted octanol–water partition coefficient (Wildman–Crippen LogP) is 2.04. The van der Waals surface area contributed by atoms with Crippen LogP contribution in [0.3, 0.4) is 0 Å². The van der Waals surface area contributed by atoms with E-state index in [1.165, 1.54) is 25.3 Å². The summed E-state index contributed by atoms with van der Waals surface area (Å²) in [7, 11) is -1.66. The SMILES string of the molecule is COCc1cc(C(=O)Nc2ccc(S(N)(=O)=O)c(OC)c2)ccc1B1OC(C)(C)C(C)(C)O1. The predicted molar refractivity (Wildman–Crippen MR) is 125 cm³/mol. The van der Waals surface area contributed by atoms with Crippen molar-refractivity contribution in [3.05, 3.63) is 47.5 Å². The highest BCUT2D eigenvalue weighted by molar-refractivity contribution is 7.89. The highest BCUT2D eigenvalue weighted by Gasteiger charge is 2.52. The zero-order valence-electron chi connectivity index (χ0n) is 19.6. The van der Waals surface area contributed by atoms with Crippen molar-refractivity contribution in [2.75, 3.05) is 19.5 Å². The second-order valence-electron chi connectivity index (χ2n) is 8.80. The van der Waals surface area contributed by atoms with Gasteiger partial charge in [0.25, 0.3) is 5.91 Å². The van der Waals surface area contributed by atoms with Crippen LogP contribution in [0.15, 0.2) is 41.3 Å². The summed E-state index contributed by atoms with van der Waals surface area (Å²) >= 11 is 0. The molecule has 1 amide bonds. The van der Waals surface area contributed by atoms with Crippen LogP contribution in [-0.2, 0) is 30.7 Å². The monoisotopic (exact) mass is 476 g/mol. The van der Waals surface area contributed by atoms with Crippen molar-refractivity contribution in [2.45, 2.75) is 50.4 Å². The number of carbonyl (C=O) groups is 1. The van der Waals surface area contributed by atoms with Gasteiger partial charge < -0.3 is 24.1 Å². The summed E-state index contributed by atoms with van der Waals surface area (Å²) in [5.74, 6) is -0.357. The van der Waals surface area contributed by atoms with Crippen LogP contribution in [-0.4, -0.2) is 46.9 Å². The van der Waals surface area contributed by atoms with Gasteiger partial charge in [-0.05, 0) is 63.0 Å². The molecule has 0 saturated carbocycles. The summed E-state index contributed by atoms with van der Waals surface area (Å²) in [4.78, 5) is 12.7. The van der Waals surface area contributed by atoms with Gasteiger partial charge in [-0.25, -0.2) is 13.6 Å². The van der Waals surface area contributed by atoms with Crippen LogP contribution in [0.4, 0.5) is 5.69 Å². The van der Waals surface area contributed by atoms with Gasteiger partial charge in [-0.3, -0.25) is 4.79 Å². The van der Waals surface area contributed by atoms with E-state index >= 15 is 0 Å². The minimum absolute atomic E-state index is 0.0338. The smallest absolute Gasteiger partial charge is 0.495 e. The molecule has 33 heavy (non-hydrogen) atoms. The largest absolute Gasteiger partial charge is 0.495 e. The summed E-state index contributed by atoms with van der Waals surface area (Å²) < 4.78 is 46.1. The van der Waals surface area contributed by atoms with Crippen LogP contribution < -0.4 is 20.7 Å². The van der Waals surface area contributed by atoms with Gasteiger partial charge in [0, 0.05) is 24.4 Å². The van der Waals surface area contributed by atoms with E-state index in [1.807, 2.05) is 27.7 Å². The molecular weight excluding hydrogens is 447 g/mol. The van der Waals surface area contributed by atoms with E-state index in [9.17, 15) is 13.2 Å². The molecule has 2 aromatic carbocycles. The summed E-state index contributed by atoms with van der Waals surface area (Å²) in [6, 6.07) is 9.29. The number of rotatable bonds is 7. The molecule has 3 N–H and O–H groups in total. The number of ether oxygens (including phenoxy) is 2. The van der Waals surface area contributed by atoms with Gasteiger partial charge in [0.2, 0.25) is 10.0 Å². The number of benzene rings is 2. The molecule has 11 heteroatoms. The van der Waals surface area contributed by atoms with Crippen LogP contribution in [0.5, 0.6) is 5.75 Å². The Balaban J connectivity index is 1.87. The molecule has 0 unspecified atom stereocenters. The standard InChI is InChI=1S/C22H29BN2O7S/c1-21(2)22(3,4)32-23(31-21)17-9-7-14(11-15(17)13-29-5)20(26)25-16-8-10-19(33(24,27)28)18(12-16)30-6/h7-12H,13H2,1-6H3,(H,25,26)(H2,24,27,28). The van der Waals surface area contributed by atoms with Crippen molar-refractivity contribution < 1.29 is 32.0 Å². The fourth-order valence-corrected chi connectivity index (χ4v) is 4.09. The molecule has 1 aliphatic heterocycles. The van der Waals surface area contributed by atoms with Crippen molar-refractivity contribution >= 4 is 34.2 Å². The average Bonchev–Trinajstić information content (AvgIpc) is 2.94. The Morgan fingerprint density at radius 2 is 1.70 bits per heavy atom. The number of nitrogens with two attached hydrogens (primary N) is 1. The maximum absolute atomic E-state index is 12.9. The fraction of sp³-hybridized carbons (Fsp3) is 0.409. The van der Waals surface area contributed by atoms with Crippen molar-refractivity contribution in [2.24, 2.45) is 5.14 Å². The minimum Gasteiger partial charge on any atom is -0.495 e. The zero-order chi connectivity index (χ0) is 24.6. The second-order valence-corrected chi connectivity index (χ2v) is 10.3. The van der Waals surface area contributed by atoms with Crippen LogP contribution >= 0.6 is 0 Å². The van der Waals surface area contributed by atoms with Gasteiger partial charge in [0.1, 0.15) is 10.6 Å². The Morgan fingerprint density at radius 1 is 1.06 bits per heavy atom. The molecule has 0 aromatic heterocycles. The van der Waals surface area contributed by atoms with E-state index in [2.05, 4.69) is 5.32 Å². The number of sulfonamides is 1. The topological polar surface area (TPSA) is 126 Å². The summed E-state index contributed by atoms with van der Waals surface area (Å²) in [6.07, 6.45) is 0. The highest BCUT2D eigenvalue weighted by Crippen LogP contribution is 2.36. The molecule has 1 saturated heterocycles. The Kier molecular flexibility index (Phi) is 6.93. The maximum atomic E-state index is 12.9. The van der Waals surface area contributed by atoms with E-state index in [4.69, 9.17) is 23.9 Å². The lowest BCUT2D eigenvalue weighted by molar-refractivity contribution is 0.00578. The third kappa shape index (κ3) is 5.23. The Bertz CT molecular complexity index is 1150. The first-order chi connectivity index (χ1) is 15.3. The van der Waals surface area contributed by atoms with Gasteiger partial charge >= 0.3 is 7.12 Å². The molecule has 1 aliphatic rings. The maximum Gasteiger partial charge on any atom is 0.495 e. The molecule has 1 fully saturated rings. The van der Waals surface area contributed by atoms with E-state index < -0.39 is 34.3 Å². The molecule has 2 aromatic rings. The van der Waals surface area contributed by atoms with E-state index in [-0.39, 0.29) is 17.3 Å². The molecule has 0 atom stereocenters. The first-order valence-corrected chi connectivity index (χ1v) is 11.8. The second kappa shape index (κ2) is 9.07. The first kappa shape index (κ1) is 25.2. The van der Waals surface area contributed by atoms with Crippen molar-refractivity contribution in [3.8, 4) is 5.75 Å². The van der Waals surface area contributed by atoms with E-state index in [0.717, 1.165) is 11.0 Å². The first-order valence-electron chi connectivity index (χ1n) is 10.3.